The molecule has 136 valence electrons. The Morgan fingerprint density at radius 1 is 1.28 bits per heavy atom. The van der Waals surface area contributed by atoms with E-state index in [9.17, 15) is 9.90 Å². The van der Waals surface area contributed by atoms with Crippen LogP contribution in [-0.4, -0.2) is 28.8 Å². The van der Waals surface area contributed by atoms with E-state index >= 15 is 0 Å². The number of urea groups is 1. The van der Waals surface area contributed by atoms with Crippen LogP contribution in [0.4, 0.5) is 10.5 Å². The maximum atomic E-state index is 12.0. The van der Waals surface area contributed by atoms with E-state index in [1.54, 1.807) is 6.07 Å². The molecule has 0 spiro atoms. The number of aryl methyl sites for hydroxylation is 2. The van der Waals surface area contributed by atoms with Gasteiger partial charge in [0.2, 0.25) is 5.89 Å². The van der Waals surface area contributed by atoms with E-state index in [4.69, 9.17) is 4.42 Å². The molecule has 0 radical (unpaired) electrons. The lowest BCUT2D eigenvalue weighted by Crippen LogP contribution is -2.38. The van der Waals surface area contributed by atoms with E-state index < -0.39 is 6.10 Å². The predicted molar refractivity (Wildman–Crippen MR) is 98.5 cm³/mol. The highest BCUT2D eigenvalue weighted by Gasteiger charge is 2.16. The normalized spacial score (nSPS) is 12.2. The van der Waals surface area contributed by atoms with Crippen molar-refractivity contribution in [1.29, 1.82) is 0 Å². The number of hydrogen-bond donors (Lipinski definition) is 3. The van der Waals surface area contributed by atoms with Crippen LogP contribution < -0.4 is 10.6 Å². The summed E-state index contributed by atoms with van der Waals surface area (Å²) in [6.07, 6.45) is 1.24. The van der Waals surface area contributed by atoms with Gasteiger partial charge < -0.3 is 20.2 Å². The molecule has 6 heteroatoms. The molecule has 1 unspecified atom stereocenters. The van der Waals surface area contributed by atoms with Gasteiger partial charge in [0, 0.05) is 17.8 Å². The quantitative estimate of drug-likeness (QED) is 0.711. The Labute approximate surface area is 148 Å². The van der Waals surface area contributed by atoms with Crippen molar-refractivity contribution in [3.8, 4) is 11.5 Å². The van der Waals surface area contributed by atoms with Crippen molar-refractivity contribution >= 4 is 11.7 Å². The molecule has 1 atom stereocenters. The van der Waals surface area contributed by atoms with E-state index in [-0.39, 0.29) is 18.5 Å². The molecule has 1 aromatic carbocycles. The second-order valence-corrected chi connectivity index (χ2v) is 6.22. The zero-order valence-corrected chi connectivity index (χ0v) is 15.3. The molecule has 2 rings (SSSR count). The maximum absolute atomic E-state index is 12.0. The predicted octanol–water partition coefficient (Wildman–Crippen LogP) is 3.88. The van der Waals surface area contributed by atoms with Crippen LogP contribution in [0.15, 0.2) is 28.7 Å². The van der Waals surface area contributed by atoms with Crippen molar-refractivity contribution in [3.63, 3.8) is 0 Å². The number of nitrogens with zero attached hydrogens (tertiary/aromatic N) is 1. The minimum absolute atomic E-state index is 0.195. The van der Waals surface area contributed by atoms with E-state index in [1.807, 2.05) is 45.9 Å². The topological polar surface area (TPSA) is 87.4 Å². The molecule has 0 bridgehead atoms. The van der Waals surface area contributed by atoms with Crippen LogP contribution in [0.5, 0.6) is 0 Å². The van der Waals surface area contributed by atoms with E-state index in [1.165, 1.54) is 0 Å². The third-order valence-electron chi connectivity index (χ3n) is 4.46. The third-order valence-corrected chi connectivity index (χ3v) is 4.46. The zero-order chi connectivity index (χ0) is 18.4. The first-order valence-electron chi connectivity index (χ1n) is 8.71. The first kappa shape index (κ1) is 19.0. The lowest BCUT2D eigenvalue weighted by molar-refractivity contribution is 0.104. The summed E-state index contributed by atoms with van der Waals surface area (Å²) in [7, 11) is 0. The number of benzene rings is 1. The molecule has 0 aliphatic rings. The molecule has 2 amide bonds. The number of aliphatic hydroxyl groups is 1. The smallest absolute Gasteiger partial charge is 0.319 e. The van der Waals surface area contributed by atoms with E-state index in [2.05, 4.69) is 15.6 Å². The van der Waals surface area contributed by atoms with Gasteiger partial charge in [-0.1, -0.05) is 32.8 Å². The standard InChI is InChI=1S/C19H27N3O3/c1-5-14(6-2)17(23)11-20-19(24)22-16-9-7-8-15(10-16)18-21-12(3)13(4)25-18/h7-10,14,17,23H,5-6,11H2,1-4H3,(H2,20,22,24). The highest BCUT2D eigenvalue weighted by molar-refractivity contribution is 5.89. The number of hydrogen-bond acceptors (Lipinski definition) is 4. The first-order chi connectivity index (χ1) is 11.9. The number of anilines is 1. The van der Waals surface area contributed by atoms with Crippen LogP contribution in [0.3, 0.4) is 0 Å². The molecular formula is C19H27N3O3. The van der Waals surface area contributed by atoms with Gasteiger partial charge in [-0.3, -0.25) is 0 Å². The summed E-state index contributed by atoms with van der Waals surface area (Å²) in [5.74, 6) is 1.50. The fraction of sp³-hybridized carbons (Fsp3) is 0.474. The summed E-state index contributed by atoms with van der Waals surface area (Å²) in [5.41, 5.74) is 2.29. The van der Waals surface area contributed by atoms with E-state index in [0.29, 0.717) is 11.6 Å². The average Bonchev–Trinajstić information content (AvgIpc) is 2.93. The highest BCUT2D eigenvalue weighted by atomic mass is 16.4. The number of carbonyl (C=O) groups excluding carboxylic acids is 1. The average molecular weight is 345 g/mol. The lowest BCUT2D eigenvalue weighted by Gasteiger charge is -2.20. The summed E-state index contributed by atoms with van der Waals surface area (Å²) in [4.78, 5) is 16.4. The number of aliphatic hydroxyl groups excluding tert-OH is 1. The fourth-order valence-corrected chi connectivity index (χ4v) is 2.70. The SMILES string of the molecule is CCC(CC)C(O)CNC(=O)Nc1cccc(-c2nc(C)c(C)o2)c1. The highest BCUT2D eigenvalue weighted by Crippen LogP contribution is 2.24. The van der Waals surface area contributed by atoms with Crippen LogP contribution in [0.2, 0.25) is 0 Å². The molecule has 0 saturated carbocycles. The van der Waals surface area contributed by atoms with Crippen molar-refractivity contribution in [2.24, 2.45) is 5.92 Å². The number of nitrogens with one attached hydrogen (secondary N) is 2. The van der Waals surface area contributed by atoms with Gasteiger partial charge in [-0.25, -0.2) is 9.78 Å². The Bertz CT molecular complexity index is 688. The molecule has 1 aromatic heterocycles. The van der Waals surface area contributed by atoms with Gasteiger partial charge in [0.15, 0.2) is 0 Å². The second-order valence-electron chi connectivity index (χ2n) is 6.22. The molecule has 0 fully saturated rings. The number of amides is 2. The molecule has 0 saturated heterocycles. The van der Waals surface area contributed by atoms with Crippen molar-refractivity contribution in [2.75, 3.05) is 11.9 Å². The monoisotopic (exact) mass is 345 g/mol. The van der Waals surface area contributed by atoms with Gasteiger partial charge in [-0.05, 0) is 38.0 Å². The van der Waals surface area contributed by atoms with E-state index in [0.717, 1.165) is 29.9 Å². The Morgan fingerprint density at radius 3 is 2.60 bits per heavy atom. The Morgan fingerprint density at radius 2 is 2.00 bits per heavy atom. The summed E-state index contributed by atoms with van der Waals surface area (Å²) in [6, 6.07) is 6.97. The second kappa shape index (κ2) is 8.67. The van der Waals surface area contributed by atoms with Gasteiger partial charge >= 0.3 is 6.03 Å². The number of aromatic nitrogens is 1. The molecule has 0 aliphatic heterocycles. The number of oxazole rings is 1. The van der Waals surface area contributed by atoms with Crippen molar-refractivity contribution in [3.05, 3.63) is 35.7 Å². The molecule has 3 N–H and O–H groups in total. The zero-order valence-electron chi connectivity index (χ0n) is 15.3. The molecule has 25 heavy (non-hydrogen) atoms. The Balaban J connectivity index is 1.96. The molecule has 2 aromatic rings. The molecule has 6 nitrogen and oxygen atoms in total. The van der Waals surface area contributed by atoms with Gasteiger partial charge in [0.1, 0.15) is 5.76 Å². The Hall–Kier alpha value is -2.34. The minimum atomic E-state index is -0.537. The van der Waals surface area contributed by atoms with Crippen molar-refractivity contribution < 1.29 is 14.3 Å². The summed E-state index contributed by atoms with van der Waals surface area (Å²) >= 11 is 0. The lowest BCUT2D eigenvalue weighted by atomic mass is 9.97. The fourth-order valence-electron chi connectivity index (χ4n) is 2.70. The first-order valence-corrected chi connectivity index (χ1v) is 8.71. The van der Waals surface area contributed by atoms with Crippen molar-refractivity contribution in [2.45, 2.75) is 46.6 Å². The van der Waals surface area contributed by atoms with Gasteiger partial charge in [0.25, 0.3) is 0 Å². The molecule has 1 heterocycles. The van der Waals surface area contributed by atoms with Gasteiger partial charge in [-0.2, -0.15) is 0 Å². The van der Waals surface area contributed by atoms with Crippen molar-refractivity contribution in [1.82, 2.24) is 10.3 Å². The summed E-state index contributed by atoms with van der Waals surface area (Å²) in [6.45, 7) is 8.07. The van der Waals surface area contributed by atoms with Crippen LogP contribution >= 0.6 is 0 Å². The third kappa shape index (κ3) is 5.06. The minimum Gasteiger partial charge on any atom is -0.441 e. The largest absolute Gasteiger partial charge is 0.441 e. The number of rotatable bonds is 7. The van der Waals surface area contributed by atoms with Gasteiger partial charge in [0.05, 0.1) is 11.8 Å². The maximum Gasteiger partial charge on any atom is 0.319 e. The van der Waals surface area contributed by atoms with Crippen LogP contribution in [0, 0.1) is 19.8 Å². The number of carbonyl (C=O) groups is 1. The summed E-state index contributed by atoms with van der Waals surface area (Å²) < 4.78 is 5.62. The summed E-state index contributed by atoms with van der Waals surface area (Å²) in [5, 5.41) is 15.6. The van der Waals surface area contributed by atoms with Crippen LogP contribution in [0.1, 0.15) is 38.1 Å². The molecular weight excluding hydrogens is 318 g/mol. The molecule has 0 aliphatic carbocycles. The van der Waals surface area contributed by atoms with Gasteiger partial charge in [-0.15, -0.1) is 0 Å². The van der Waals surface area contributed by atoms with Crippen LogP contribution in [-0.2, 0) is 0 Å². The Kier molecular flexibility index (Phi) is 6.58. The van der Waals surface area contributed by atoms with Crippen LogP contribution in [0.25, 0.3) is 11.5 Å².